The fourth-order valence-electron chi connectivity index (χ4n) is 3.62. The van der Waals surface area contributed by atoms with Crippen molar-refractivity contribution in [2.24, 2.45) is 0 Å². The number of anilines is 1. The number of carbonyl (C=O) groups is 4. The number of rotatable bonds is 6. The van der Waals surface area contributed by atoms with Crippen molar-refractivity contribution in [3.8, 4) is 5.75 Å². The lowest BCUT2D eigenvalue weighted by molar-refractivity contribution is -0.130. The molecule has 0 saturated carbocycles. The predicted molar refractivity (Wildman–Crippen MR) is 130 cm³/mol. The number of para-hydroxylation sites is 1. The molecule has 35 heavy (non-hydrogen) atoms. The monoisotopic (exact) mass is 491 g/mol. The van der Waals surface area contributed by atoms with E-state index in [1.165, 1.54) is 24.3 Å². The van der Waals surface area contributed by atoms with Gasteiger partial charge in [0.25, 0.3) is 17.7 Å². The van der Waals surface area contributed by atoms with Crippen molar-refractivity contribution in [1.29, 1.82) is 0 Å². The average molecular weight is 492 g/mol. The molecule has 3 aromatic carbocycles. The van der Waals surface area contributed by atoms with Gasteiger partial charge < -0.3 is 4.74 Å². The number of hydrogen-bond donors (Lipinski definition) is 1. The Bertz CT molecular complexity index is 1250. The summed E-state index contributed by atoms with van der Waals surface area (Å²) in [6.07, 6.45) is -0.286. The summed E-state index contributed by atoms with van der Waals surface area (Å²) in [5, 5.41) is 1.32. The molecule has 0 aliphatic carbocycles. The standard InChI is InChI=1S/C26H22ClN3O5/c1-17-7-13-20(14-8-17)29-24(32)15-22(26(29)34)30(25(33)18-9-11-19(27)12-10-18)28-23(31)16-35-21-5-3-2-4-6-21/h2-14,22H,15-16H2,1H3,(H,28,31). The number of amides is 4. The Morgan fingerprint density at radius 2 is 1.66 bits per heavy atom. The first-order valence-corrected chi connectivity index (χ1v) is 11.2. The minimum absolute atomic E-state index is 0.188. The highest BCUT2D eigenvalue weighted by molar-refractivity contribution is 6.30. The molecule has 9 heteroatoms. The number of hydrazine groups is 1. The second kappa shape index (κ2) is 10.4. The van der Waals surface area contributed by atoms with E-state index in [2.05, 4.69) is 5.43 Å². The zero-order chi connectivity index (χ0) is 24.9. The molecular formula is C26H22ClN3O5. The van der Waals surface area contributed by atoms with Crippen molar-refractivity contribution < 1.29 is 23.9 Å². The van der Waals surface area contributed by atoms with Crippen LogP contribution in [-0.4, -0.2) is 41.3 Å². The molecule has 4 amide bonds. The summed E-state index contributed by atoms with van der Waals surface area (Å²) >= 11 is 5.93. The lowest BCUT2D eigenvalue weighted by Gasteiger charge is -2.28. The van der Waals surface area contributed by atoms with Crippen LogP contribution in [-0.2, 0) is 14.4 Å². The Morgan fingerprint density at radius 3 is 2.31 bits per heavy atom. The summed E-state index contributed by atoms with van der Waals surface area (Å²) in [5.74, 6) is -1.95. The van der Waals surface area contributed by atoms with E-state index in [1.807, 2.05) is 13.0 Å². The fraction of sp³-hybridized carbons (Fsp3) is 0.154. The number of nitrogens with zero attached hydrogens (tertiary/aromatic N) is 2. The minimum Gasteiger partial charge on any atom is -0.484 e. The van der Waals surface area contributed by atoms with Gasteiger partial charge in [0.15, 0.2) is 6.61 Å². The van der Waals surface area contributed by atoms with Gasteiger partial charge in [0, 0.05) is 10.6 Å². The number of halogens is 1. The Balaban J connectivity index is 1.58. The molecule has 0 aromatic heterocycles. The Morgan fingerprint density at radius 1 is 1.00 bits per heavy atom. The van der Waals surface area contributed by atoms with Gasteiger partial charge in [-0.2, -0.15) is 0 Å². The van der Waals surface area contributed by atoms with E-state index < -0.39 is 36.3 Å². The van der Waals surface area contributed by atoms with Crippen LogP contribution in [0, 0.1) is 6.92 Å². The quantitative estimate of drug-likeness (QED) is 0.420. The van der Waals surface area contributed by atoms with E-state index in [0.29, 0.717) is 16.5 Å². The highest BCUT2D eigenvalue weighted by Crippen LogP contribution is 2.26. The normalized spacial score (nSPS) is 15.1. The third-order valence-corrected chi connectivity index (χ3v) is 5.65. The lowest BCUT2D eigenvalue weighted by Crippen LogP contribution is -2.55. The van der Waals surface area contributed by atoms with Crippen LogP contribution in [0.5, 0.6) is 5.75 Å². The molecule has 0 radical (unpaired) electrons. The molecule has 3 aromatic rings. The van der Waals surface area contributed by atoms with E-state index in [9.17, 15) is 19.2 Å². The van der Waals surface area contributed by atoms with Gasteiger partial charge >= 0.3 is 0 Å². The van der Waals surface area contributed by atoms with Crippen molar-refractivity contribution in [3.63, 3.8) is 0 Å². The topological polar surface area (TPSA) is 96.0 Å². The van der Waals surface area contributed by atoms with Gasteiger partial charge in [-0.15, -0.1) is 0 Å². The second-order valence-corrected chi connectivity index (χ2v) is 8.38. The van der Waals surface area contributed by atoms with Crippen LogP contribution >= 0.6 is 11.6 Å². The van der Waals surface area contributed by atoms with Crippen LogP contribution in [0.2, 0.25) is 5.02 Å². The summed E-state index contributed by atoms with van der Waals surface area (Å²) < 4.78 is 5.45. The van der Waals surface area contributed by atoms with Crippen LogP contribution in [0.4, 0.5) is 5.69 Å². The summed E-state index contributed by atoms with van der Waals surface area (Å²) in [6.45, 7) is 1.49. The molecule has 1 saturated heterocycles. The van der Waals surface area contributed by atoms with Crippen molar-refractivity contribution in [3.05, 3.63) is 95.0 Å². The van der Waals surface area contributed by atoms with Gasteiger partial charge in [-0.1, -0.05) is 47.5 Å². The second-order valence-electron chi connectivity index (χ2n) is 7.94. The third-order valence-electron chi connectivity index (χ3n) is 5.39. The maximum absolute atomic E-state index is 13.3. The van der Waals surface area contributed by atoms with Gasteiger partial charge in [0.05, 0.1) is 12.1 Å². The van der Waals surface area contributed by atoms with Crippen molar-refractivity contribution >= 4 is 40.9 Å². The number of carbonyl (C=O) groups excluding carboxylic acids is 4. The third kappa shape index (κ3) is 5.50. The highest BCUT2D eigenvalue weighted by Gasteiger charge is 2.45. The SMILES string of the molecule is Cc1ccc(N2C(=O)CC(N(NC(=O)COc3ccccc3)C(=O)c3ccc(Cl)cc3)C2=O)cc1. The van der Waals surface area contributed by atoms with Gasteiger partial charge in [-0.3, -0.25) is 24.6 Å². The number of ether oxygens (including phenoxy) is 1. The van der Waals surface area contributed by atoms with Gasteiger partial charge in [0.1, 0.15) is 11.8 Å². The average Bonchev–Trinajstić information content (AvgIpc) is 3.16. The minimum atomic E-state index is -1.23. The Hall–Kier alpha value is -4.17. The first kappa shape index (κ1) is 24.0. The summed E-state index contributed by atoms with van der Waals surface area (Å²) in [6, 6.07) is 20.3. The molecule has 1 fully saturated rings. The zero-order valence-corrected chi connectivity index (χ0v) is 19.6. The molecule has 0 bridgehead atoms. The largest absolute Gasteiger partial charge is 0.484 e. The molecule has 1 N–H and O–H groups in total. The molecule has 1 aliphatic heterocycles. The van der Waals surface area contributed by atoms with Crippen LogP contribution in [0.25, 0.3) is 0 Å². The number of hydrogen-bond acceptors (Lipinski definition) is 5. The van der Waals surface area contributed by atoms with E-state index >= 15 is 0 Å². The van der Waals surface area contributed by atoms with E-state index in [1.54, 1.807) is 48.5 Å². The summed E-state index contributed by atoms with van der Waals surface area (Å²) in [4.78, 5) is 53.2. The molecular weight excluding hydrogens is 470 g/mol. The molecule has 178 valence electrons. The van der Waals surface area contributed by atoms with Crippen LogP contribution in [0.3, 0.4) is 0 Å². The van der Waals surface area contributed by atoms with Gasteiger partial charge in [-0.05, 0) is 55.5 Å². The smallest absolute Gasteiger partial charge is 0.276 e. The van der Waals surface area contributed by atoms with Gasteiger partial charge in [-0.25, -0.2) is 9.91 Å². The molecule has 8 nitrogen and oxygen atoms in total. The summed E-state index contributed by atoms with van der Waals surface area (Å²) in [5.41, 5.74) is 4.01. The number of nitrogens with one attached hydrogen (secondary N) is 1. The molecule has 0 spiro atoms. The molecule has 1 aliphatic rings. The van der Waals surface area contributed by atoms with Gasteiger partial charge in [0.2, 0.25) is 5.91 Å². The van der Waals surface area contributed by atoms with Crippen LogP contribution < -0.4 is 15.1 Å². The van der Waals surface area contributed by atoms with Crippen molar-refractivity contribution in [1.82, 2.24) is 10.4 Å². The Kier molecular flexibility index (Phi) is 7.12. The fourth-order valence-corrected chi connectivity index (χ4v) is 3.74. The van der Waals surface area contributed by atoms with E-state index in [0.717, 1.165) is 15.5 Å². The van der Waals surface area contributed by atoms with Crippen molar-refractivity contribution in [2.45, 2.75) is 19.4 Å². The number of imide groups is 1. The highest BCUT2D eigenvalue weighted by atomic mass is 35.5. The number of benzene rings is 3. The summed E-state index contributed by atoms with van der Waals surface area (Å²) in [7, 11) is 0. The maximum atomic E-state index is 13.3. The lowest BCUT2D eigenvalue weighted by atomic mass is 10.1. The molecule has 1 unspecified atom stereocenters. The molecule has 1 atom stereocenters. The van der Waals surface area contributed by atoms with E-state index in [4.69, 9.17) is 16.3 Å². The first-order chi connectivity index (χ1) is 16.8. The molecule has 4 rings (SSSR count). The first-order valence-electron chi connectivity index (χ1n) is 10.8. The Labute approximate surface area is 207 Å². The zero-order valence-electron chi connectivity index (χ0n) is 18.8. The van der Waals surface area contributed by atoms with Crippen LogP contribution in [0.1, 0.15) is 22.3 Å². The predicted octanol–water partition coefficient (Wildman–Crippen LogP) is 3.53. The van der Waals surface area contributed by atoms with Crippen LogP contribution in [0.15, 0.2) is 78.9 Å². The van der Waals surface area contributed by atoms with E-state index in [-0.39, 0.29) is 12.0 Å². The maximum Gasteiger partial charge on any atom is 0.276 e. The van der Waals surface area contributed by atoms with Crippen molar-refractivity contribution in [2.75, 3.05) is 11.5 Å². The number of aryl methyl sites for hydroxylation is 1. The molecule has 1 heterocycles.